The molecule has 0 aromatic carbocycles. The number of epoxide rings is 1. The Hall–Kier alpha value is -1.40. The van der Waals surface area contributed by atoms with Crippen LogP contribution in [0.15, 0.2) is 11.6 Å². The lowest BCUT2D eigenvalue weighted by molar-refractivity contribution is -0.190. The van der Waals surface area contributed by atoms with Gasteiger partial charge in [-0.25, -0.2) is 4.79 Å². The van der Waals surface area contributed by atoms with Gasteiger partial charge in [0.05, 0.1) is 12.0 Å². The van der Waals surface area contributed by atoms with Crippen molar-refractivity contribution in [3.63, 3.8) is 0 Å². The summed E-state index contributed by atoms with van der Waals surface area (Å²) in [5.41, 5.74) is -0.887. The number of allylic oxidation sites excluding steroid dienone is 1. The van der Waals surface area contributed by atoms with E-state index >= 15 is 0 Å². The molecule has 144 valence electrons. The minimum absolute atomic E-state index is 0.122. The van der Waals surface area contributed by atoms with Gasteiger partial charge in [0.25, 0.3) is 0 Å². The van der Waals surface area contributed by atoms with Gasteiger partial charge in [-0.2, -0.15) is 0 Å². The third kappa shape index (κ3) is 1.89. The Labute approximate surface area is 153 Å². The topological polar surface area (TPSA) is 85.4 Å². The Balaban J connectivity index is 1.69. The number of carbonyl (C=O) groups is 2. The lowest BCUT2D eigenvalue weighted by Crippen LogP contribution is -2.63. The van der Waals surface area contributed by atoms with Crippen LogP contribution in [0.2, 0.25) is 0 Å². The van der Waals surface area contributed by atoms with Crippen molar-refractivity contribution >= 4 is 11.9 Å². The molecule has 0 spiro atoms. The number of esters is 2. The summed E-state index contributed by atoms with van der Waals surface area (Å²) in [4.78, 5) is 24.5. The molecule has 26 heavy (non-hydrogen) atoms. The Morgan fingerprint density at radius 2 is 2.04 bits per heavy atom. The van der Waals surface area contributed by atoms with Crippen LogP contribution in [0.5, 0.6) is 0 Å². The fourth-order valence-electron chi connectivity index (χ4n) is 5.69. The van der Waals surface area contributed by atoms with Crippen LogP contribution in [-0.4, -0.2) is 40.6 Å². The molecule has 2 saturated carbocycles. The number of ether oxygens (including phenoxy) is 3. The van der Waals surface area contributed by atoms with Crippen LogP contribution < -0.4 is 0 Å². The number of aliphatic hydroxyl groups excluding tert-OH is 1. The van der Waals surface area contributed by atoms with E-state index in [9.17, 15) is 14.7 Å². The summed E-state index contributed by atoms with van der Waals surface area (Å²) in [6.07, 6.45) is 2.63. The van der Waals surface area contributed by atoms with Gasteiger partial charge in [-0.05, 0) is 39.5 Å². The molecule has 8 atom stereocenters. The molecule has 2 aliphatic heterocycles. The van der Waals surface area contributed by atoms with Crippen LogP contribution >= 0.6 is 0 Å². The third-order valence-corrected chi connectivity index (χ3v) is 7.84. The van der Waals surface area contributed by atoms with Crippen LogP contribution in [-0.2, 0) is 23.8 Å². The fraction of sp³-hybridized carbons (Fsp3) is 0.800. The molecule has 0 amide bonds. The molecule has 6 nitrogen and oxygen atoms in total. The minimum atomic E-state index is -1.05. The Kier molecular flexibility index (Phi) is 3.68. The van der Waals surface area contributed by atoms with E-state index in [-0.39, 0.29) is 29.9 Å². The van der Waals surface area contributed by atoms with Crippen LogP contribution in [0, 0.1) is 23.2 Å². The van der Waals surface area contributed by atoms with Crippen molar-refractivity contribution in [2.45, 2.75) is 77.5 Å². The summed E-state index contributed by atoms with van der Waals surface area (Å²) in [5, 5.41) is 11.4. The van der Waals surface area contributed by atoms with Gasteiger partial charge in [0, 0.05) is 23.3 Å². The lowest BCUT2D eigenvalue weighted by Gasteiger charge is -2.55. The monoisotopic (exact) mass is 364 g/mol. The maximum absolute atomic E-state index is 12.3. The zero-order valence-electron chi connectivity index (χ0n) is 16.1. The predicted molar refractivity (Wildman–Crippen MR) is 91.7 cm³/mol. The molecule has 6 heteroatoms. The maximum Gasteiger partial charge on any atom is 0.333 e. The first kappa shape index (κ1) is 18.0. The average molecular weight is 364 g/mol. The van der Waals surface area contributed by atoms with Crippen LogP contribution in [0.1, 0.15) is 53.9 Å². The van der Waals surface area contributed by atoms with Gasteiger partial charge in [0.2, 0.25) is 5.79 Å². The van der Waals surface area contributed by atoms with Crippen molar-refractivity contribution < 1.29 is 28.9 Å². The molecule has 2 aliphatic carbocycles. The van der Waals surface area contributed by atoms with E-state index < -0.39 is 28.8 Å². The molecule has 0 aromatic rings. The molecule has 4 fully saturated rings. The number of hydrogen-bond acceptors (Lipinski definition) is 6. The molecule has 0 radical (unpaired) electrons. The second-order valence-electron chi connectivity index (χ2n) is 8.76. The standard InChI is InChI=1S/C20H28O6/c1-6-10(2)15(21)24-14-8-7-11(3)18(5)13(14)9-19-20(26-19,17(18)23)12(4)16(22)25-19/h6,11-14,17,23H,7-9H2,1-5H3/b10-6-/t11-,12+,13-,14+,17-,18+,19+,20-/m0/s1. The molecule has 4 rings (SSSR count). The van der Waals surface area contributed by atoms with E-state index in [2.05, 4.69) is 6.92 Å². The van der Waals surface area contributed by atoms with Crippen LogP contribution in [0.4, 0.5) is 0 Å². The van der Waals surface area contributed by atoms with E-state index in [4.69, 9.17) is 14.2 Å². The molecular weight excluding hydrogens is 336 g/mol. The first-order valence-corrected chi connectivity index (χ1v) is 9.59. The second-order valence-corrected chi connectivity index (χ2v) is 8.76. The first-order chi connectivity index (χ1) is 12.1. The molecule has 0 bridgehead atoms. The quantitative estimate of drug-likeness (QED) is 0.460. The Bertz CT molecular complexity index is 700. The Morgan fingerprint density at radius 3 is 2.69 bits per heavy atom. The smallest absolute Gasteiger partial charge is 0.333 e. The first-order valence-electron chi connectivity index (χ1n) is 9.59. The predicted octanol–water partition coefficient (Wildman–Crippen LogP) is 2.34. The highest BCUT2D eigenvalue weighted by Crippen LogP contribution is 2.73. The largest absolute Gasteiger partial charge is 0.459 e. The molecule has 0 aromatic heterocycles. The van der Waals surface area contributed by atoms with Crippen LogP contribution in [0.25, 0.3) is 0 Å². The maximum atomic E-state index is 12.3. The lowest BCUT2D eigenvalue weighted by atomic mass is 9.50. The van der Waals surface area contributed by atoms with Gasteiger partial charge >= 0.3 is 11.9 Å². The molecule has 2 heterocycles. The molecule has 0 unspecified atom stereocenters. The number of hydrogen-bond donors (Lipinski definition) is 1. The molecule has 4 aliphatic rings. The SMILES string of the molecule is C/C=C(/C)C(=O)O[C@@H]1CC[C@H](C)[C@]2(C)[C@H]1C[C@]13OC(=O)[C@@H](C)[C@]1(O3)[C@H]2O. The van der Waals surface area contributed by atoms with E-state index in [0.717, 1.165) is 12.8 Å². The number of fused-ring (bicyclic) bond motifs is 1. The molecular formula is C20H28O6. The van der Waals surface area contributed by atoms with Gasteiger partial charge in [-0.3, -0.25) is 4.79 Å². The van der Waals surface area contributed by atoms with Gasteiger partial charge in [-0.15, -0.1) is 0 Å². The van der Waals surface area contributed by atoms with Gasteiger partial charge in [-0.1, -0.05) is 19.9 Å². The minimum Gasteiger partial charge on any atom is -0.459 e. The van der Waals surface area contributed by atoms with Crippen molar-refractivity contribution in [3.05, 3.63) is 11.6 Å². The summed E-state index contributed by atoms with van der Waals surface area (Å²) >= 11 is 0. The van der Waals surface area contributed by atoms with E-state index in [1.54, 1.807) is 26.8 Å². The summed E-state index contributed by atoms with van der Waals surface area (Å²) in [7, 11) is 0. The summed E-state index contributed by atoms with van der Waals surface area (Å²) < 4.78 is 17.4. The number of rotatable bonds is 2. The van der Waals surface area contributed by atoms with Crippen molar-refractivity contribution in [1.29, 1.82) is 0 Å². The van der Waals surface area contributed by atoms with Crippen molar-refractivity contribution in [2.24, 2.45) is 23.2 Å². The van der Waals surface area contributed by atoms with E-state index in [0.29, 0.717) is 12.0 Å². The zero-order valence-corrected chi connectivity index (χ0v) is 16.1. The summed E-state index contributed by atoms with van der Waals surface area (Å²) in [6, 6.07) is 0. The number of carbonyl (C=O) groups excluding carboxylic acids is 2. The van der Waals surface area contributed by atoms with Crippen molar-refractivity contribution in [1.82, 2.24) is 0 Å². The zero-order chi connectivity index (χ0) is 19.1. The van der Waals surface area contributed by atoms with Crippen molar-refractivity contribution in [2.75, 3.05) is 0 Å². The van der Waals surface area contributed by atoms with Gasteiger partial charge in [0.1, 0.15) is 6.10 Å². The fourth-order valence-corrected chi connectivity index (χ4v) is 5.69. The van der Waals surface area contributed by atoms with E-state index in [1.807, 2.05) is 6.92 Å². The summed E-state index contributed by atoms with van der Waals surface area (Å²) in [6.45, 7) is 9.48. The normalized spacial score (nSPS) is 52.5. The van der Waals surface area contributed by atoms with Gasteiger partial charge < -0.3 is 19.3 Å². The highest BCUT2D eigenvalue weighted by Gasteiger charge is 2.90. The number of aliphatic hydroxyl groups is 1. The van der Waals surface area contributed by atoms with Gasteiger partial charge in [0.15, 0.2) is 5.60 Å². The highest BCUT2D eigenvalue weighted by molar-refractivity contribution is 5.87. The molecule has 1 N–H and O–H groups in total. The van der Waals surface area contributed by atoms with E-state index in [1.165, 1.54) is 0 Å². The molecule has 2 saturated heterocycles. The third-order valence-electron chi connectivity index (χ3n) is 7.84. The highest BCUT2D eigenvalue weighted by atomic mass is 16.8. The van der Waals surface area contributed by atoms with Crippen molar-refractivity contribution in [3.8, 4) is 0 Å². The van der Waals surface area contributed by atoms with Crippen LogP contribution in [0.3, 0.4) is 0 Å². The second kappa shape index (κ2) is 5.32. The average Bonchev–Trinajstić information content (AvgIpc) is 3.22. The summed E-state index contributed by atoms with van der Waals surface area (Å²) in [5.74, 6) is -2.08. The Morgan fingerprint density at radius 1 is 1.35 bits per heavy atom.